The molecule has 1 aliphatic heterocycles. The Morgan fingerprint density at radius 3 is 2.50 bits per heavy atom. The molecule has 0 amide bonds. The Labute approximate surface area is 169 Å². The lowest BCUT2D eigenvalue weighted by Gasteiger charge is -2.52. The van der Waals surface area contributed by atoms with Gasteiger partial charge in [0.2, 0.25) is 0 Å². The number of rotatable bonds is 5. The summed E-state index contributed by atoms with van der Waals surface area (Å²) in [7, 11) is 0. The molecule has 2 heterocycles. The number of nitriles is 1. The van der Waals surface area contributed by atoms with Gasteiger partial charge in [-0.25, -0.2) is 4.98 Å². The van der Waals surface area contributed by atoms with Crippen LogP contribution >= 0.6 is 11.3 Å². The van der Waals surface area contributed by atoms with Gasteiger partial charge in [-0.2, -0.15) is 5.26 Å². The fourth-order valence-corrected chi connectivity index (χ4v) is 5.08. The first-order valence-corrected chi connectivity index (χ1v) is 10.4. The lowest BCUT2D eigenvalue weighted by atomic mass is 9.73. The van der Waals surface area contributed by atoms with E-state index >= 15 is 0 Å². The summed E-state index contributed by atoms with van der Waals surface area (Å²) < 4.78 is 0. The molecule has 5 heteroatoms. The van der Waals surface area contributed by atoms with Gasteiger partial charge in [-0.3, -0.25) is 0 Å². The monoisotopic (exact) mass is 389 g/mol. The quantitative estimate of drug-likeness (QED) is 0.696. The largest absolute Gasteiger partial charge is 0.394 e. The number of anilines is 1. The van der Waals surface area contributed by atoms with Gasteiger partial charge in [0.15, 0.2) is 5.13 Å². The highest BCUT2D eigenvalue weighted by Gasteiger charge is 2.51. The summed E-state index contributed by atoms with van der Waals surface area (Å²) in [5.74, 6) is -0.0558. The highest BCUT2D eigenvalue weighted by atomic mass is 32.1. The van der Waals surface area contributed by atoms with Gasteiger partial charge >= 0.3 is 0 Å². The van der Waals surface area contributed by atoms with E-state index in [1.165, 1.54) is 16.0 Å². The molecule has 0 unspecified atom stereocenters. The summed E-state index contributed by atoms with van der Waals surface area (Å²) in [6.45, 7) is 4.19. The summed E-state index contributed by atoms with van der Waals surface area (Å²) in [6.07, 6.45) is 2.80. The van der Waals surface area contributed by atoms with Crippen molar-refractivity contribution in [3.63, 3.8) is 0 Å². The third kappa shape index (κ3) is 2.99. The molecule has 3 atom stereocenters. The number of benzene rings is 2. The van der Waals surface area contributed by atoms with Crippen LogP contribution in [0.3, 0.4) is 0 Å². The minimum atomic E-state index is -0.335. The van der Waals surface area contributed by atoms with E-state index in [1.807, 2.05) is 35.4 Å². The highest BCUT2D eigenvalue weighted by Crippen LogP contribution is 2.47. The lowest BCUT2D eigenvalue weighted by molar-refractivity contribution is 0.188. The molecule has 1 aromatic heterocycles. The zero-order valence-electron chi connectivity index (χ0n) is 16.0. The van der Waals surface area contributed by atoms with Crippen molar-refractivity contribution in [1.29, 1.82) is 5.26 Å². The maximum atomic E-state index is 10.2. The van der Waals surface area contributed by atoms with E-state index in [-0.39, 0.29) is 24.6 Å². The SMILES string of the molecule is CCc1cnc(N2[C@H](C#N)[C@H](c3ccccc3-c3ccccc3C)[C@H]2CO)s1. The molecule has 1 fully saturated rings. The standard InChI is InChI=1S/C23H23N3OS/c1-3-16-13-25-23(28-16)26-20(12-24)22(21(26)14-27)19-11-7-6-10-18(19)17-9-5-4-8-15(17)2/h4-11,13,20-22,27H,3,14H2,1-2H3/t20-,21-,22+/m1/s1. The fraction of sp³-hybridized carbons (Fsp3) is 0.304. The number of thiazole rings is 1. The third-order valence-corrected chi connectivity index (χ3v) is 6.75. The molecule has 0 radical (unpaired) electrons. The van der Waals surface area contributed by atoms with E-state index in [4.69, 9.17) is 0 Å². The molecular weight excluding hydrogens is 366 g/mol. The van der Waals surface area contributed by atoms with Crippen LogP contribution in [0.4, 0.5) is 5.13 Å². The second-order valence-corrected chi connectivity index (χ2v) is 8.22. The Morgan fingerprint density at radius 1 is 1.14 bits per heavy atom. The van der Waals surface area contributed by atoms with E-state index < -0.39 is 0 Å². The van der Waals surface area contributed by atoms with Crippen molar-refractivity contribution in [2.75, 3.05) is 11.5 Å². The zero-order chi connectivity index (χ0) is 19.7. The predicted molar refractivity (Wildman–Crippen MR) is 114 cm³/mol. The van der Waals surface area contributed by atoms with Crippen LogP contribution in [0.1, 0.15) is 28.8 Å². The van der Waals surface area contributed by atoms with Gasteiger partial charge in [0.05, 0.1) is 18.7 Å². The molecule has 0 bridgehead atoms. The molecule has 0 spiro atoms. The molecule has 0 saturated carbocycles. The molecule has 1 saturated heterocycles. The molecule has 4 nitrogen and oxygen atoms in total. The van der Waals surface area contributed by atoms with Crippen LogP contribution in [0, 0.1) is 18.3 Å². The van der Waals surface area contributed by atoms with Crippen molar-refractivity contribution in [2.24, 2.45) is 0 Å². The molecule has 142 valence electrons. The summed E-state index contributed by atoms with van der Waals surface area (Å²) in [4.78, 5) is 7.69. The zero-order valence-corrected chi connectivity index (χ0v) is 16.9. The third-order valence-electron chi connectivity index (χ3n) is 5.60. The summed E-state index contributed by atoms with van der Waals surface area (Å²) >= 11 is 1.61. The summed E-state index contributed by atoms with van der Waals surface area (Å²) in [5, 5.41) is 20.9. The molecule has 28 heavy (non-hydrogen) atoms. The Hall–Kier alpha value is -2.68. The maximum absolute atomic E-state index is 10.2. The minimum Gasteiger partial charge on any atom is -0.394 e. The summed E-state index contributed by atoms with van der Waals surface area (Å²) in [5.41, 5.74) is 4.63. The molecular formula is C23H23N3OS. The van der Waals surface area contributed by atoms with Gasteiger partial charge in [-0.15, -0.1) is 11.3 Å². The van der Waals surface area contributed by atoms with E-state index in [0.29, 0.717) is 0 Å². The fourth-order valence-electron chi connectivity index (χ4n) is 4.13. The van der Waals surface area contributed by atoms with Crippen molar-refractivity contribution < 1.29 is 5.11 Å². The first-order chi connectivity index (χ1) is 13.7. The van der Waals surface area contributed by atoms with Gasteiger partial charge in [-0.05, 0) is 35.6 Å². The van der Waals surface area contributed by atoms with Crippen LogP contribution in [-0.2, 0) is 6.42 Å². The van der Waals surface area contributed by atoms with Crippen LogP contribution in [0.5, 0.6) is 0 Å². The number of aliphatic hydroxyl groups excluding tert-OH is 1. The minimum absolute atomic E-state index is 0.00795. The number of aromatic nitrogens is 1. The molecule has 0 aliphatic carbocycles. The average molecular weight is 390 g/mol. The lowest BCUT2D eigenvalue weighted by Crippen LogP contribution is -2.63. The molecule has 4 rings (SSSR count). The number of hydrogen-bond acceptors (Lipinski definition) is 5. The molecule has 1 aliphatic rings. The smallest absolute Gasteiger partial charge is 0.186 e. The van der Waals surface area contributed by atoms with Crippen molar-refractivity contribution in [3.8, 4) is 17.2 Å². The highest BCUT2D eigenvalue weighted by molar-refractivity contribution is 7.15. The van der Waals surface area contributed by atoms with Gasteiger partial charge < -0.3 is 10.0 Å². The molecule has 2 aromatic carbocycles. The van der Waals surface area contributed by atoms with Gasteiger partial charge in [0.1, 0.15) is 6.04 Å². The Kier molecular flexibility index (Phi) is 5.17. The van der Waals surface area contributed by atoms with Crippen LogP contribution in [0.25, 0.3) is 11.1 Å². The van der Waals surface area contributed by atoms with Gasteiger partial charge in [0.25, 0.3) is 0 Å². The maximum Gasteiger partial charge on any atom is 0.186 e. The van der Waals surface area contributed by atoms with E-state index in [9.17, 15) is 10.4 Å². The Bertz CT molecular complexity index is 1020. The number of nitrogens with zero attached hydrogens (tertiary/aromatic N) is 3. The second kappa shape index (κ2) is 7.75. The number of hydrogen-bond donors (Lipinski definition) is 1. The Balaban J connectivity index is 1.76. The second-order valence-electron chi connectivity index (χ2n) is 7.12. The van der Waals surface area contributed by atoms with Crippen molar-refractivity contribution >= 4 is 16.5 Å². The normalized spacial score (nSPS) is 21.2. The summed E-state index contributed by atoms with van der Waals surface area (Å²) in [6, 6.07) is 18.5. The predicted octanol–water partition coefficient (Wildman–Crippen LogP) is 4.54. The van der Waals surface area contributed by atoms with Crippen LogP contribution in [0.2, 0.25) is 0 Å². The average Bonchev–Trinajstić information content (AvgIpc) is 3.17. The Morgan fingerprint density at radius 2 is 1.86 bits per heavy atom. The van der Waals surface area contributed by atoms with Crippen molar-refractivity contribution in [2.45, 2.75) is 38.3 Å². The molecule has 1 N–H and O–H groups in total. The number of aliphatic hydroxyl groups is 1. The van der Waals surface area contributed by atoms with Gasteiger partial charge in [-0.1, -0.05) is 55.5 Å². The van der Waals surface area contributed by atoms with Crippen LogP contribution in [-0.4, -0.2) is 28.8 Å². The van der Waals surface area contributed by atoms with Crippen molar-refractivity contribution in [3.05, 3.63) is 70.7 Å². The van der Waals surface area contributed by atoms with E-state index in [2.05, 4.69) is 49.2 Å². The van der Waals surface area contributed by atoms with Gasteiger partial charge in [0, 0.05) is 17.0 Å². The number of aryl methyl sites for hydroxylation is 2. The van der Waals surface area contributed by atoms with Crippen molar-refractivity contribution in [1.82, 2.24) is 4.98 Å². The first kappa shape index (κ1) is 18.7. The topological polar surface area (TPSA) is 60.2 Å². The molecule has 3 aromatic rings. The van der Waals surface area contributed by atoms with Crippen LogP contribution in [0.15, 0.2) is 54.7 Å². The van der Waals surface area contributed by atoms with E-state index in [0.717, 1.165) is 22.7 Å². The first-order valence-electron chi connectivity index (χ1n) is 9.58. The van der Waals surface area contributed by atoms with Crippen LogP contribution < -0.4 is 4.90 Å². The van der Waals surface area contributed by atoms with E-state index in [1.54, 1.807) is 11.3 Å².